The van der Waals surface area contributed by atoms with Crippen LogP contribution < -0.4 is 10.5 Å². The SMILES string of the molecule is COc1ccc(S(=O)(=O)N(C)C2CCCCC2N)cc1. The van der Waals surface area contributed by atoms with E-state index in [0.717, 1.165) is 25.7 Å². The number of ether oxygens (including phenoxy) is 1. The molecule has 6 heteroatoms. The van der Waals surface area contributed by atoms with Crippen molar-refractivity contribution in [3.63, 3.8) is 0 Å². The predicted molar refractivity (Wildman–Crippen MR) is 78.2 cm³/mol. The quantitative estimate of drug-likeness (QED) is 0.916. The van der Waals surface area contributed by atoms with Crippen LogP contribution in [0.25, 0.3) is 0 Å². The summed E-state index contributed by atoms with van der Waals surface area (Å²) in [5, 5.41) is 0. The Bertz CT molecular complexity index is 542. The number of benzene rings is 1. The average Bonchev–Trinajstić information content (AvgIpc) is 2.47. The molecule has 1 saturated carbocycles. The molecule has 5 nitrogen and oxygen atoms in total. The molecule has 1 aromatic rings. The first-order valence-corrected chi connectivity index (χ1v) is 8.28. The van der Waals surface area contributed by atoms with Gasteiger partial charge in [0, 0.05) is 19.1 Å². The molecule has 0 aromatic heterocycles. The number of hydrogen-bond acceptors (Lipinski definition) is 4. The van der Waals surface area contributed by atoms with Gasteiger partial charge >= 0.3 is 0 Å². The highest BCUT2D eigenvalue weighted by Gasteiger charge is 2.33. The van der Waals surface area contributed by atoms with Crippen molar-refractivity contribution in [2.75, 3.05) is 14.2 Å². The molecule has 0 bridgehead atoms. The van der Waals surface area contributed by atoms with Crippen LogP contribution in [0.3, 0.4) is 0 Å². The highest BCUT2D eigenvalue weighted by molar-refractivity contribution is 7.89. The van der Waals surface area contributed by atoms with Crippen LogP contribution in [0, 0.1) is 0 Å². The standard InChI is InChI=1S/C14H22N2O3S/c1-16(14-6-4-3-5-13(14)15)20(17,18)12-9-7-11(19-2)8-10-12/h7-10,13-14H,3-6,15H2,1-2H3. The van der Waals surface area contributed by atoms with Crippen molar-refractivity contribution >= 4 is 10.0 Å². The van der Waals surface area contributed by atoms with Crippen LogP contribution in [0.4, 0.5) is 0 Å². The summed E-state index contributed by atoms with van der Waals surface area (Å²) in [5.41, 5.74) is 6.07. The van der Waals surface area contributed by atoms with E-state index in [9.17, 15) is 8.42 Å². The van der Waals surface area contributed by atoms with E-state index in [1.807, 2.05) is 0 Å². The van der Waals surface area contributed by atoms with Gasteiger partial charge in [0.25, 0.3) is 0 Å². The lowest BCUT2D eigenvalue weighted by molar-refractivity contribution is 0.252. The second kappa shape index (κ2) is 6.11. The van der Waals surface area contributed by atoms with Crippen molar-refractivity contribution in [2.45, 2.75) is 42.7 Å². The molecule has 1 aromatic carbocycles. The van der Waals surface area contributed by atoms with Crippen molar-refractivity contribution in [1.29, 1.82) is 0 Å². The molecular formula is C14H22N2O3S. The summed E-state index contributed by atoms with van der Waals surface area (Å²) in [6.45, 7) is 0. The summed E-state index contributed by atoms with van der Waals surface area (Å²) in [5.74, 6) is 0.640. The average molecular weight is 298 g/mol. The summed E-state index contributed by atoms with van der Waals surface area (Å²) >= 11 is 0. The maximum atomic E-state index is 12.6. The van der Waals surface area contributed by atoms with Crippen LogP contribution >= 0.6 is 0 Å². The molecule has 0 radical (unpaired) electrons. The molecule has 0 heterocycles. The minimum absolute atomic E-state index is 0.0817. The van der Waals surface area contributed by atoms with Gasteiger partial charge in [-0.2, -0.15) is 4.31 Å². The Morgan fingerprint density at radius 1 is 1.20 bits per heavy atom. The van der Waals surface area contributed by atoms with E-state index < -0.39 is 10.0 Å². The van der Waals surface area contributed by atoms with Gasteiger partial charge in [0.05, 0.1) is 12.0 Å². The van der Waals surface area contributed by atoms with Crippen molar-refractivity contribution in [3.8, 4) is 5.75 Å². The van der Waals surface area contributed by atoms with Gasteiger partial charge in [-0.25, -0.2) is 8.42 Å². The molecular weight excluding hydrogens is 276 g/mol. The van der Waals surface area contributed by atoms with Gasteiger partial charge in [-0.05, 0) is 37.1 Å². The normalized spacial score (nSPS) is 23.8. The lowest BCUT2D eigenvalue weighted by atomic mass is 9.91. The Morgan fingerprint density at radius 3 is 2.35 bits per heavy atom. The van der Waals surface area contributed by atoms with Gasteiger partial charge < -0.3 is 10.5 Å². The largest absolute Gasteiger partial charge is 0.497 e. The van der Waals surface area contributed by atoms with Crippen LogP contribution in [-0.2, 0) is 10.0 Å². The third-order valence-corrected chi connectivity index (χ3v) is 5.88. The molecule has 0 aliphatic heterocycles. The molecule has 2 unspecified atom stereocenters. The smallest absolute Gasteiger partial charge is 0.243 e. The molecule has 0 spiro atoms. The topological polar surface area (TPSA) is 72.6 Å². The Hall–Kier alpha value is -1.11. The van der Waals surface area contributed by atoms with Gasteiger partial charge in [-0.3, -0.25) is 0 Å². The number of nitrogens with zero attached hydrogens (tertiary/aromatic N) is 1. The maximum absolute atomic E-state index is 12.6. The first-order valence-electron chi connectivity index (χ1n) is 6.84. The van der Waals surface area contributed by atoms with Crippen LogP contribution in [0.1, 0.15) is 25.7 Å². The Kier molecular flexibility index (Phi) is 4.67. The van der Waals surface area contributed by atoms with Crippen LogP contribution in [0.5, 0.6) is 5.75 Å². The monoisotopic (exact) mass is 298 g/mol. The summed E-state index contributed by atoms with van der Waals surface area (Å²) in [6, 6.07) is 6.25. The molecule has 0 saturated heterocycles. The van der Waals surface area contributed by atoms with Crippen LogP contribution in [-0.4, -0.2) is 39.0 Å². The van der Waals surface area contributed by atoms with Crippen LogP contribution in [0.15, 0.2) is 29.2 Å². The van der Waals surface area contributed by atoms with E-state index in [1.165, 1.54) is 4.31 Å². The predicted octanol–water partition coefficient (Wildman–Crippen LogP) is 1.59. The molecule has 20 heavy (non-hydrogen) atoms. The third kappa shape index (κ3) is 2.97. The first kappa shape index (κ1) is 15.3. The second-order valence-corrected chi connectivity index (χ2v) is 7.21. The lowest BCUT2D eigenvalue weighted by Crippen LogP contribution is -2.50. The Labute approximate surface area is 120 Å². The minimum Gasteiger partial charge on any atom is -0.497 e. The minimum atomic E-state index is -3.50. The zero-order valence-electron chi connectivity index (χ0n) is 12.0. The van der Waals surface area contributed by atoms with Crippen molar-refractivity contribution in [2.24, 2.45) is 5.73 Å². The molecule has 1 aliphatic carbocycles. The summed E-state index contributed by atoms with van der Waals surface area (Å²) < 4.78 is 31.7. The fourth-order valence-corrected chi connectivity index (χ4v) is 4.11. The number of likely N-dealkylation sites (N-methyl/N-ethyl adjacent to an activating group) is 1. The number of nitrogens with two attached hydrogens (primary N) is 1. The maximum Gasteiger partial charge on any atom is 0.243 e. The van der Waals surface area contributed by atoms with Gasteiger partial charge in [0.15, 0.2) is 0 Å². The molecule has 2 atom stereocenters. The van der Waals surface area contributed by atoms with E-state index in [1.54, 1.807) is 38.4 Å². The number of hydrogen-bond donors (Lipinski definition) is 1. The van der Waals surface area contributed by atoms with Crippen molar-refractivity contribution in [3.05, 3.63) is 24.3 Å². The van der Waals surface area contributed by atoms with E-state index in [-0.39, 0.29) is 17.0 Å². The fourth-order valence-electron chi connectivity index (χ4n) is 2.68. The summed E-state index contributed by atoms with van der Waals surface area (Å²) in [7, 11) is -0.326. The van der Waals surface area contributed by atoms with E-state index in [4.69, 9.17) is 10.5 Å². The molecule has 1 aliphatic rings. The lowest BCUT2D eigenvalue weighted by Gasteiger charge is -2.35. The fraction of sp³-hybridized carbons (Fsp3) is 0.571. The van der Waals surface area contributed by atoms with Gasteiger partial charge in [0.1, 0.15) is 5.75 Å². The highest BCUT2D eigenvalue weighted by atomic mass is 32.2. The number of rotatable bonds is 4. The molecule has 112 valence electrons. The van der Waals surface area contributed by atoms with Gasteiger partial charge in [-0.1, -0.05) is 12.8 Å². The molecule has 2 N–H and O–H groups in total. The Balaban J connectivity index is 2.23. The second-order valence-electron chi connectivity index (χ2n) is 5.21. The van der Waals surface area contributed by atoms with E-state index >= 15 is 0 Å². The summed E-state index contributed by atoms with van der Waals surface area (Å²) in [4.78, 5) is 0.276. The zero-order chi connectivity index (χ0) is 14.8. The van der Waals surface area contributed by atoms with Crippen LogP contribution in [0.2, 0.25) is 0 Å². The molecule has 1 fully saturated rings. The third-order valence-electron chi connectivity index (χ3n) is 3.99. The summed E-state index contributed by atoms with van der Waals surface area (Å²) in [6.07, 6.45) is 3.81. The van der Waals surface area contributed by atoms with Gasteiger partial charge in [-0.15, -0.1) is 0 Å². The highest BCUT2D eigenvalue weighted by Crippen LogP contribution is 2.26. The van der Waals surface area contributed by atoms with Crippen molar-refractivity contribution < 1.29 is 13.2 Å². The van der Waals surface area contributed by atoms with E-state index in [0.29, 0.717) is 5.75 Å². The number of sulfonamides is 1. The van der Waals surface area contributed by atoms with Crippen molar-refractivity contribution in [1.82, 2.24) is 4.31 Å². The Morgan fingerprint density at radius 2 is 1.80 bits per heavy atom. The molecule has 0 amide bonds. The zero-order valence-corrected chi connectivity index (χ0v) is 12.8. The first-order chi connectivity index (χ1) is 9.46. The van der Waals surface area contributed by atoms with E-state index in [2.05, 4.69) is 0 Å². The number of methoxy groups -OCH3 is 1. The molecule has 2 rings (SSSR count). The van der Waals surface area contributed by atoms with Gasteiger partial charge in [0.2, 0.25) is 10.0 Å².